The monoisotopic (exact) mass is 381 g/mol. The molecule has 0 saturated heterocycles. The summed E-state index contributed by atoms with van der Waals surface area (Å²) in [5, 5.41) is 3.29. The molecule has 0 atom stereocenters. The first-order chi connectivity index (χ1) is 13.0. The van der Waals surface area contributed by atoms with Crippen LogP contribution in [0.4, 0.5) is 5.69 Å². The Balaban J connectivity index is 1.66. The molecular formula is C20H16ClN3O3. The minimum Gasteiger partial charge on any atom is -0.496 e. The normalized spacial score (nSPS) is 10.9. The molecule has 0 saturated carbocycles. The predicted octanol–water partition coefficient (Wildman–Crippen LogP) is 4.84. The lowest BCUT2D eigenvalue weighted by Gasteiger charge is -2.13. The van der Waals surface area contributed by atoms with Crippen LogP contribution in [0.1, 0.15) is 16.2 Å². The third-order valence-corrected chi connectivity index (χ3v) is 4.45. The first-order valence-electron chi connectivity index (χ1n) is 8.24. The van der Waals surface area contributed by atoms with Gasteiger partial charge in [0.2, 0.25) is 0 Å². The van der Waals surface area contributed by atoms with E-state index in [1.54, 1.807) is 37.3 Å². The second kappa shape index (κ2) is 6.81. The summed E-state index contributed by atoms with van der Waals surface area (Å²) in [6, 6.07) is 12.4. The van der Waals surface area contributed by atoms with Crippen LogP contribution < -0.4 is 10.1 Å². The molecule has 0 aliphatic heterocycles. The number of halogens is 1. The van der Waals surface area contributed by atoms with Crippen LogP contribution in [0.2, 0.25) is 5.02 Å². The predicted molar refractivity (Wildman–Crippen MR) is 104 cm³/mol. The molecule has 0 bridgehead atoms. The van der Waals surface area contributed by atoms with Crippen molar-refractivity contribution < 1.29 is 13.9 Å². The fourth-order valence-electron chi connectivity index (χ4n) is 2.90. The number of amides is 1. The van der Waals surface area contributed by atoms with Gasteiger partial charge in [0.25, 0.3) is 5.91 Å². The summed E-state index contributed by atoms with van der Waals surface area (Å²) < 4.78 is 12.8. The first-order valence-corrected chi connectivity index (χ1v) is 8.62. The van der Waals surface area contributed by atoms with Gasteiger partial charge in [0, 0.05) is 37.1 Å². The lowest BCUT2D eigenvalue weighted by molar-refractivity contribution is 0.102. The molecule has 0 radical (unpaired) electrons. The molecule has 0 unspecified atom stereocenters. The zero-order chi connectivity index (χ0) is 19.0. The van der Waals surface area contributed by atoms with Crippen molar-refractivity contribution in [3.8, 4) is 11.4 Å². The lowest BCUT2D eigenvalue weighted by Crippen LogP contribution is -2.13. The number of aryl methyl sites for hydroxylation is 1. The maximum atomic E-state index is 12.8. The van der Waals surface area contributed by atoms with Gasteiger partial charge in [0.1, 0.15) is 11.3 Å². The highest BCUT2D eigenvalue weighted by Crippen LogP contribution is 2.31. The molecule has 2 aromatic heterocycles. The van der Waals surface area contributed by atoms with E-state index in [0.29, 0.717) is 33.5 Å². The van der Waals surface area contributed by atoms with Crippen molar-refractivity contribution in [3.05, 3.63) is 71.3 Å². The Morgan fingerprint density at radius 2 is 2.00 bits per heavy atom. The van der Waals surface area contributed by atoms with Gasteiger partial charge in [-0.05, 0) is 30.3 Å². The molecule has 7 heteroatoms. The van der Waals surface area contributed by atoms with Crippen LogP contribution in [0.5, 0.6) is 5.75 Å². The number of nitrogens with one attached hydrogen (secondary N) is 1. The van der Waals surface area contributed by atoms with Crippen molar-refractivity contribution in [2.75, 3.05) is 12.4 Å². The highest BCUT2D eigenvalue weighted by atomic mass is 35.5. The number of nitrogens with zero attached hydrogens (tertiary/aromatic N) is 2. The summed E-state index contributed by atoms with van der Waals surface area (Å²) in [4.78, 5) is 17.0. The second-order valence-electron chi connectivity index (χ2n) is 5.96. The van der Waals surface area contributed by atoms with Crippen LogP contribution in [0.3, 0.4) is 0 Å². The number of hydrogen-bond acceptors (Lipinski definition) is 4. The largest absolute Gasteiger partial charge is 0.496 e. The van der Waals surface area contributed by atoms with Crippen LogP contribution in [0.25, 0.3) is 16.8 Å². The van der Waals surface area contributed by atoms with Gasteiger partial charge < -0.3 is 19.0 Å². The van der Waals surface area contributed by atoms with E-state index in [1.807, 2.05) is 29.1 Å². The topological polar surface area (TPSA) is 69.3 Å². The van der Waals surface area contributed by atoms with E-state index >= 15 is 0 Å². The maximum absolute atomic E-state index is 12.8. The number of benzene rings is 2. The average Bonchev–Trinajstić information content (AvgIpc) is 3.29. The van der Waals surface area contributed by atoms with Crippen molar-refractivity contribution >= 4 is 34.3 Å². The third kappa shape index (κ3) is 3.27. The molecule has 2 heterocycles. The van der Waals surface area contributed by atoms with E-state index in [1.165, 1.54) is 7.11 Å². The lowest BCUT2D eigenvalue weighted by atomic mass is 10.1. The number of carbonyl (C=O) groups excluding carboxylic acids is 1. The summed E-state index contributed by atoms with van der Waals surface area (Å²) in [6.45, 7) is 1.78. The molecule has 6 nitrogen and oxygen atoms in total. The number of anilines is 1. The van der Waals surface area contributed by atoms with Gasteiger partial charge in [0.05, 0.1) is 23.4 Å². The van der Waals surface area contributed by atoms with E-state index in [4.69, 9.17) is 20.8 Å². The molecule has 4 aromatic rings. The number of hydrogen-bond donors (Lipinski definition) is 1. The number of aromatic nitrogens is 2. The SMILES string of the molecule is COc1cc(-n2cccc2)c(Cl)cc1C(=O)Nc1ccc2nc(C)oc2c1. The Labute approximate surface area is 160 Å². The van der Waals surface area contributed by atoms with E-state index in [-0.39, 0.29) is 5.91 Å². The minimum atomic E-state index is -0.330. The van der Waals surface area contributed by atoms with Gasteiger partial charge in [0.15, 0.2) is 11.5 Å². The number of rotatable bonds is 4. The highest BCUT2D eigenvalue weighted by molar-refractivity contribution is 6.33. The number of carbonyl (C=O) groups is 1. The van der Waals surface area contributed by atoms with Crippen molar-refractivity contribution in [2.45, 2.75) is 6.92 Å². The molecule has 1 amide bonds. The van der Waals surface area contributed by atoms with E-state index in [0.717, 1.165) is 11.2 Å². The van der Waals surface area contributed by atoms with Crippen LogP contribution in [0.15, 0.2) is 59.3 Å². The Hall–Kier alpha value is -3.25. The zero-order valence-corrected chi connectivity index (χ0v) is 15.4. The molecule has 27 heavy (non-hydrogen) atoms. The van der Waals surface area contributed by atoms with Crippen LogP contribution >= 0.6 is 11.6 Å². The number of oxazole rings is 1. The Kier molecular flexibility index (Phi) is 4.33. The summed E-state index contributed by atoms with van der Waals surface area (Å²) in [7, 11) is 1.52. The van der Waals surface area contributed by atoms with Gasteiger partial charge in [-0.15, -0.1) is 0 Å². The van der Waals surface area contributed by atoms with E-state index in [2.05, 4.69) is 10.3 Å². The van der Waals surface area contributed by atoms with E-state index < -0.39 is 0 Å². The molecule has 1 N–H and O–H groups in total. The molecule has 0 fully saturated rings. The van der Waals surface area contributed by atoms with Gasteiger partial charge in [-0.1, -0.05) is 11.6 Å². The zero-order valence-electron chi connectivity index (χ0n) is 14.7. The fraction of sp³-hybridized carbons (Fsp3) is 0.100. The summed E-state index contributed by atoms with van der Waals surface area (Å²) in [5.74, 6) is 0.670. The molecule has 0 spiro atoms. The van der Waals surface area contributed by atoms with Crippen LogP contribution in [-0.4, -0.2) is 22.6 Å². The van der Waals surface area contributed by atoms with Gasteiger partial charge in [-0.25, -0.2) is 4.98 Å². The first kappa shape index (κ1) is 17.2. The molecule has 4 rings (SSSR count). The van der Waals surface area contributed by atoms with E-state index in [9.17, 15) is 4.79 Å². The molecule has 0 aliphatic carbocycles. The minimum absolute atomic E-state index is 0.330. The standard InChI is InChI=1S/C20H16ClN3O3/c1-12-22-16-6-5-13(9-19(16)27-12)23-20(25)14-10-15(21)17(11-18(14)26-2)24-7-3-4-8-24/h3-11H,1-2H3,(H,23,25). The van der Waals surface area contributed by atoms with Crippen LogP contribution in [0, 0.1) is 6.92 Å². The highest BCUT2D eigenvalue weighted by Gasteiger charge is 2.17. The maximum Gasteiger partial charge on any atom is 0.259 e. The van der Waals surface area contributed by atoms with Crippen LogP contribution in [-0.2, 0) is 0 Å². The molecule has 0 aliphatic rings. The molecule has 136 valence electrons. The molecular weight excluding hydrogens is 366 g/mol. The summed E-state index contributed by atoms with van der Waals surface area (Å²) in [5.41, 5.74) is 3.01. The quantitative estimate of drug-likeness (QED) is 0.549. The Bertz CT molecular complexity index is 1130. The second-order valence-corrected chi connectivity index (χ2v) is 6.37. The molecule has 2 aromatic carbocycles. The van der Waals surface area contributed by atoms with Gasteiger partial charge in [-0.2, -0.15) is 0 Å². The third-order valence-electron chi connectivity index (χ3n) is 4.15. The van der Waals surface area contributed by atoms with Gasteiger partial charge >= 0.3 is 0 Å². The van der Waals surface area contributed by atoms with Crippen molar-refractivity contribution in [2.24, 2.45) is 0 Å². The summed E-state index contributed by atoms with van der Waals surface area (Å²) >= 11 is 6.40. The Morgan fingerprint density at radius 3 is 2.74 bits per heavy atom. The smallest absolute Gasteiger partial charge is 0.259 e. The van der Waals surface area contributed by atoms with Crippen molar-refractivity contribution in [3.63, 3.8) is 0 Å². The fourth-order valence-corrected chi connectivity index (χ4v) is 3.16. The number of ether oxygens (including phenoxy) is 1. The van der Waals surface area contributed by atoms with Gasteiger partial charge in [-0.3, -0.25) is 4.79 Å². The van der Waals surface area contributed by atoms with Crippen molar-refractivity contribution in [1.29, 1.82) is 0 Å². The average molecular weight is 382 g/mol. The number of methoxy groups -OCH3 is 1. The number of fused-ring (bicyclic) bond motifs is 1. The van der Waals surface area contributed by atoms with Crippen molar-refractivity contribution in [1.82, 2.24) is 9.55 Å². The Morgan fingerprint density at radius 1 is 1.22 bits per heavy atom. The summed E-state index contributed by atoms with van der Waals surface area (Å²) in [6.07, 6.45) is 3.74.